The van der Waals surface area contributed by atoms with E-state index in [-0.39, 0.29) is 23.3 Å². The van der Waals surface area contributed by atoms with Gasteiger partial charge in [-0.3, -0.25) is 19.7 Å². The molecule has 1 aromatic heterocycles. The summed E-state index contributed by atoms with van der Waals surface area (Å²) in [7, 11) is 0. The van der Waals surface area contributed by atoms with Crippen molar-refractivity contribution in [2.24, 2.45) is 5.92 Å². The van der Waals surface area contributed by atoms with Crippen LogP contribution in [0.2, 0.25) is 0 Å². The molecule has 1 aliphatic heterocycles. The maximum Gasteiger partial charge on any atom is 0.287 e. The summed E-state index contributed by atoms with van der Waals surface area (Å²) in [5.41, 5.74) is 0.934. The summed E-state index contributed by atoms with van der Waals surface area (Å²) >= 11 is 0. The maximum atomic E-state index is 13.0. The van der Waals surface area contributed by atoms with Gasteiger partial charge in [0.2, 0.25) is 5.91 Å². The van der Waals surface area contributed by atoms with Crippen LogP contribution in [-0.4, -0.2) is 53.9 Å². The number of carbonyl (C=O) groups excluding carboxylic acids is 2. The third-order valence-electron chi connectivity index (χ3n) is 4.98. The molecular formula is C20H24N4O5. The lowest BCUT2D eigenvalue weighted by atomic mass is 10.0. The van der Waals surface area contributed by atoms with Crippen LogP contribution in [0.1, 0.15) is 24.4 Å². The van der Waals surface area contributed by atoms with E-state index in [0.717, 1.165) is 5.69 Å². The molecule has 3 rings (SSSR count). The summed E-state index contributed by atoms with van der Waals surface area (Å²) < 4.78 is 5.10. The number of nitro benzene ring substituents is 1. The first-order chi connectivity index (χ1) is 13.9. The zero-order valence-corrected chi connectivity index (χ0v) is 16.4. The number of non-ortho nitro benzene ring substituents is 1. The zero-order chi connectivity index (χ0) is 21.0. The van der Waals surface area contributed by atoms with Crippen LogP contribution in [0, 0.1) is 16.0 Å². The molecule has 1 aromatic carbocycles. The Morgan fingerprint density at radius 2 is 1.76 bits per heavy atom. The van der Waals surface area contributed by atoms with Crippen LogP contribution in [0.15, 0.2) is 47.1 Å². The van der Waals surface area contributed by atoms with Gasteiger partial charge in [0, 0.05) is 44.0 Å². The topological polar surface area (TPSA) is 109 Å². The van der Waals surface area contributed by atoms with Crippen LogP contribution in [0.4, 0.5) is 11.4 Å². The van der Waals surface area contributed by atoms with Crippen molar-refractivity contribution in [3.63, 3.8) is 0 Å². The number of rotatable bonds is 6. The van der Waals surface area contributed by atoms with Gasteiger partial charge < -0.3 is 19.5 Å². The van der Waals surface area contributed by atoms with E-state index in [1.54, 1.807) is 29.2 Å². The highest BCUT2D eigenvalue weighted by Gasteiger charge is 2.31. The summed E-state index contributed by atoms with van der Waals surface area (Å²) in [6.45, 7) is 6.02. The Kier molecular flexibility index (Phi) is 6.16. The zero-order valence-electron chi connectivity index (χ0n) is 16.4. The molecule has 1 atom stereocenters. The Morgan fingerprint density at radius 1 is 1.10 bits per heavy atom. The lowest BCUT2D eigenvalue weighted by molar-refractivity contribution is -0.384. The maximum absolute atomic E-state index is 13.0. The number of carbonyl (C=O) groups is 2. The highest BCUT2D eigenvalue weighted by Crippen LogP contribution is 2.21. The van der Waals surface area contributed by atoms with E-state index in [1.807, 2.05) is 13.8 Å². The first kappa shape index (κ1) is 20.4. The van der Waals surface area contributed by atoms with Gasteiger partial charge >= 0.3 is 0 Å². The number of anilines is 1. The Morgan fingerprint density at radius 3 is 2.28 bits per heavy atom. The molecule has 0 radical (unpaired) electrons. The summed E-state index contributed by atoms with van der Waals surface area (Å²) in [6.07, 6.45) is 1.42. The second-order valence-electron chi connectivity index (χ2n) is 7.26. The standard InChI is InChI=1S/C20H24N4O5/c1-14(2)18(21-19(25)17-4-3-13-29-17)20(26)23-11-9-22(10-12-23)15-5-7-16(8-6-15)24(27)28/h3-8,13-14,18H,9-12H2,1-2H3,(H,21,25). The van der Waals surface area contributed by atoms with E-state index >= 15 is 0 Å². The van der Waals surface area contributed by atoms with E-state index in [9.17, 15) is 19.7 Å². The molecule has 1 N–H and O–H groups in total. The lowest BCUT2D eigenvalue weighted by Gasteiger charge is -2.38. The third kappa shape index (κ3) is 4.74. The van der Waals surface area contributed by atoms with Crippen molar-refractivity contribution in [2.75, 3.05) is 31.1 Å². The fraction of sp³-hybridized carbons (Fsp3) is 0.400. The van der Waals surface area contributed by atoms with Crippen LogP contribution >= 0.6 is 0 Å². The van der Waals surface area contributed by atoms with Crippen LogP contribution in [0.5, 0.6) is 0 Å². The quantitative estimate of drug-likeness (QED) is 0.589. The molecule has 0 bridgehead atoms. The van der Waals surface area contributed by atoms with Gasteiger partial charge in [0.15, 0.2) is 5.76 Å². The van der Waals surface area contributed by atoms with Crippen molar-refractivity contribution in [1.82, 2.24) is 10.2 Å². The van der Waals surface area contributed by atoms with Crippen molar-refractivity contribution >= 4 is 23.2 Å². The summed E-state index contributed by atoms with van der Waals surface area (Å²) in [4.78, 5) is 39.5. The number of benzene rings is 1. The number of nitrogens with zero attached hydrogens (tertiary/aromatic N) is 3. The molecule has 1 aliphatic rings. The molecule has 29 heavy (non-hydrogen) atoms. The molecule has 2 amide bonds. The number of piperazine rings is 1. The van der Waals surface area contributed by atoms with Gasteiger partial charge in [-0.1, -0.05) is 13.8 Å². The molecule has 9 nitrogen and oxygen atoms in total. The van der Waals surface area contributed by atoms with Crippen molar-refractivity contribution < 1.29 is 18.9 Å². The SMILES string of the molecule is CC(C)C(NC(=O)c1ccco1)C(=O)N1CCN(c2ccc([N+](=O)[O-])cc2)CC1. The van der Waals surface area contributed by atoms with Crippen molar-refractivity contribution in [3.05, 3.63) is 58.5 Å². The minimum Gasteiger partial charge on any atom is -0.459 e. The minimum atomic E-state index is -0.640. The number of hydrogen-bond acceptors (Lipinski definition) is 6. The van der Waals surface area contributed by atoms with Gasteiger partial charge in [0.05, 0.1) is 11.2 Å². The van der Waals surface area contributed by atoms with E-state index in [0.29, 0.717) is 26.2 Å². The average Bonchev–Trinajstić information content (AvgIpc) is 3.26. The summed E-state index contributed by atoms with van der Waals surface area (Å²) in [5.74, 6) is -0.435. The molecule has 9 heteroatoms. The predicted octanol–water partition coefficient (Wildman–Crippen LogP) is 2.29. The number of nitrogens with one attached hydrogen (secondary N) is 1. The predicted molar refractivity (Wildman–Crippen MR) is 107 cm³/mol. The Bertz CT molecular complexity index is 856. The fourth-order valence-electron chi connectivity index (χ4n) is 3.30. The van der Waals surface area contributed by atoms with E-state index in [4.69, 9.17) is 4.42 Å². The highest BCUT2D eigenvalue weighted by molar-refractivity contribution is 5.95. The van der Waals surface area contributed by atoms with Gasteiger partial charge in [-0.05, 0) is 30.2 Å². The van der Waals surface area contributed by atoms with E-state index in [2.05, 4.69) is 10.2 Å². The molecule has 0 aliphatic carbocycles. The molecule has 0 spiro atoms. The number of furan rings is 1. The third-order valence-corrected chi connectivity index (χ3v) is 4.98. The first-order valence-electron chi connectivity index (χ1n) is 9.49. The second kappa shape index (κ2) is 8.76. The van der Waals surface area contributed by atoms with E-state index in [1.165, 1.54) is 18.4 Å². The van der Waals surface area contributed by atoms with Crippen LogP contribution in [0.3, 0.4) is 0 Å². The summed E-state index contributed by atoms with van der Waals surface area (Å²) in [6, 6.07) is 8.93. The van der Waals surface area contributed by atoms with Crippen molar-refractivity contribution in [2.45, 2.75) is 19.9 Å². The van der Waals surface area contributed by atoms with Gasteiger partial charge in [-0.25, -0.2) is 0 Å². The smallest absolute Gasteiger partial charge is 0.287 e. The molecule has 0 saturated carbocycles. The minimum absolute atomic E-state index is 0.0506. The number of hydrogen-bond donors (Lipinski definition) is 1. The molecular weight excluding hydrogens is 376 g/mol. The number of amides is 2. The normalized spacial score (nSPS) is 15.3. The lowest BCUT2D eigenvalue weighted by Crippen LogP contribution is -2.56. The average molecular weight is 400 g/mol. The molecule has 2 aromatic rings. The first-order valence-corrected chi connectivity index (χ1v) is 9.49. The van der Waals surface area contributed by atoms with Crippen LogP contribution in [-0.2, 0) is 4.79 Å². The molecule has 1 fully saturated rings. The van der Waals surface area contributed by atoms with Crippen molar-refractivity contribution in [3.8, 4) is 0 Å². The van der Waals surface area contributed by atoms with Crippen molar-refractivity contribution in [1.29, 1.82) is 0 Å². The number of nitro groups is 1. The largest absolute Gasteiger partial charge is 0.459 e. The van der Waals surface area contributed by atoms with Crippen LogP contribution in [0.25, 0.3) is 0 Å². The Balaban J connectivity index is 1.60. The highest BCUT2D eigenvalue weighted by atomic mass is 16.6. The fourth-order valence-corrected chi connectivity index (χ4v) is 3.30. The van der Waals surface area contributed by atoms with Gasteiger partial charge in [-0.2, -0.15) is 0 Å². The van der Waals surface area contributed by atoms with Gasteiger partial charge in [-0.15, -0.1) is 0 Å². The van der Waals surface area contributed by atoms with E-state index < -0.39 is 16.9 Å². The van der Waals surface area contributed by atoms with Gasteiger partial charge in [0.1, 0.15) is 6.04 Å². The summed E-state index contributed by atoms with van der Waals surface area (Å²) in [5, 5.41) is 13.6. The Labute approximate surface area is 168 Å². The molecule has 2 heterocycles. The molecule has 1 saturated heterocycles. The second-order valence-corrected chi connectivity index (χ2v) is 7.26. The monoisotopic (exact) mass is 400 g/mol. The molecule has 154 valence electrons. The van der Waals surface area contributed by atoms with Gasteiger partial charge in [0.25, 0.3) is 11.6 Å². The Hall–Kier alpha value is -3.36. The van der Waals surface area contributed by atoms with Crippen LogP contribution < -0.4 is 10.2 Å². The molecule has 1 unspecified atom stereocenters.